The Morgan fingerprint density at radius 2 is 1.47 bits per heavy atom. The number of fused-ring (bicyclic) bond motifs is 2. The van der Waals surface area contributed by atoms with Crippen molar-refractivity contribution in [2.45, 2.75) is 40.5 Å². The van der Waals surface area contributed by atoms with Crippen molar-refractivity contribution in [3.8, 4) is 17.2 Å². The van der Waals surface area contributed by atoms with Crippen LogP contribution in [-0.2, 0) is 10.0 Å². The summed E-state index contributed by atoms with van der Waals surface area (Å²) in [5.74, 6) is 0.571. The van der Waals surface area contributed by atoms with Gasteiger partial charge in [-0.2, -0.15) is 10.2 Å². The van der Waals surface area contributed by atoms with E-state index in [4.69, 9.17) is 0 Å². The van der Waals surface area contributed by atoms with Crippen LogP contribution in [0, 0.1) is 23.2 Å². The monoisotopic (exact) mass is 708 g/mol. The van der Waals surface area contributed by atoms with Gasteiger partial charge in [0.15, 0.2) is 0 Å². The molecule has 0 spiro atoms. The number of rotatable bonds is 9. The molecule has 0 heterocycles. The molecule has 10 nitrogen and oxygen atoms in total. The van der Waals surface area contributed by atoms with Crippen LogP contribution >= 0.6 is 0 Å². The molecule has 0 aliphatic heterocycles. The summed E-state index contributed by atoms with van der Waals surface area (Å²) in [5.41, 5.74) is 3.59. The molecular formula is C40H44N4O6S. The Kier molecular flexibility index (Phi) is 11.3. The Balaban J connectivity index is 0.000000201. The average Bonchev–Trinajstić information content (AvgIpc) is 3.32. The summed E-state index contributed by atoms with van der Waals surface area (Å²) in [5, 5.41) is 41.2. The number of hydrogen-bond donors (Lipinski definition) is 5. The van der Waals surface area contributed by atoms with Crippen molar-refractivity contribution in [2.24, 2.45) is 33.4 Å². The molecule has 3 unspecified atom stereocenters. The third-order valence-corrected chi connectivity index (χ3v) is 11.4. The Morgan fingerprint density at radius 3 is 2.16 bits per heavy atom. The van der Waals surface area contributed by atoms with E-state index < -0.39 is 15.9 Å². The lowest BCUT2D eigenvalue weighted by atomic mass is 9.74. The molecule has 1 aliphatic carbocycles. The van der Waals surface area contributed by atoms with Crippen molar-refractivity contribution in [1.82, 2.24) is 10.3 Å². The van der Waals surface area contributed by atoms with Crippen molar-refractivity contribution in [3.05, 3.63) is 114 Å². The number of amides is 1. The smallest absolute Gasteiger partial charge is 0.275 e. The predicted molar refractivity (Wildman–Crippen MR) is 204 cm³/mol. The highest BCUT2D eigenvalue weighted by atomic mass is 32.2. The molecule has 5 N–H and O–H groups in total. The molecule has 1 fully saturated rings. The van der Waals surface area contributed by atoms with Crippen LogP contribution in [0.4, 0.5) is 0 Å². The second kappa shape index (κ2) is 15.6. The summed E-state index contributed by atoms with van der Waals surface area (Å²) in [6.07, 6.45) is 4.74. The largest absolute Gasteiger partial charge is 0.507 e. The van der Waals surface area contributed by atoms with Crippen LogP contribution in [0.2, 0.25) is 0 Å². The van der Waals surface area contributed by atoms with Gasteiger partial charge in [-0.15, -0.1) is 0 Å². The highest BCUT2D eigenvalue weighted by Crippen LogP contribution is 2.52. The zero-order chi connectivity index (χ0) is 36.8. The molecule has 3 atom stereocenters. The van der Waals surface area contributed by atoms with Gasteiger partial charge in [0, 0.05) is 11.1 Å². The molecule has 1 amide bonds. The molecule has 11 heteroatoms. The third-order valence-electron chi connectivity index (χ3n) is 10.2. The van der Waals surface area contributed by atoms with Gasteiger partial charge in [0.25, 0.3) is 5.91 Å². The topological polar surface area (TPSA) is 161 Å². The molecule has 1 aliphatic rings. The minimum Gasteiger partial charge on any atom is -0.507 e. The number of carbonyl (C=O) groups excluding carboxylic acids is 1. The van der Waals surface area contributed by atoms with Gasteiger partial charge in [0.2, 0.25) is 10.0 Å². The van der Waals surface area contributed by atoms with Gasteiger partial charge in [-0.25, -0.2) is 18.7 Å². The number of aromatic hydroxyl groups is 3. The Hall–Kier alpha value is -5.42. The number of nitrogens with one attached hydrogen (secondary N) is 2. The fourth-order valence-corrected chi connectivity index (χ4v) is 8.18. The number of para-hydroxylation sites is 1. The number of hydrazone groups is 2. The number of hydrogen-bond acceptors (Lipinski definition) is 8. The predicted octanol–water partition coefficient (Wildman–Crippen LogP) is 7.52. The van der Waals surface area contributed by atoms with E-state index in [9.17, 15) is 28.5 Å². The number of phenols is 3. The van der Waals surface area contributed by atoms with E-state index in [2.05, 4.69) is 48.2 Å². The summed E-state index contributed by atoms with van der Waals surface area (Å²) in [6, 6.07) is 28.2. The number of phenolic OH excluding ortho intramolecular Hbond substituents is 3. The van der Waals surface area contributed by atoms with Crippen LogP contribution in [0.3, 0.4) is 0 Å². The van der Waals surface area contributed by atoms with E-state index in [0.717, 1.165) is 34.4 Å². The van der Waals surface area contributed by atoms with Crippen molar-refractivity contribution >= 4 is 49.9 Å². The first kappa shape index (κ1) is 36.9. The van der Waals surface area contributed by atoms with E-state index in [1.54, 1.807) is 30.3 Å². The maximum atomic E-state index is 12.6. The van der Waals surface area contributed by atoms with Crippen LogP contribution in [0.5, 0.6) is 17.2 Å². The van der Waals surface area contributed by atoms with Crippen LogP contribution in [0.15, 0.2) is 107 Å². The molecular weight excluding hydrogens is 665 g/mol. The molecule has 266 valence electrons. The fraction of sp³-hybridized carbons (Fsp3) is 0.275. The summed E-state index contributed by atoms with van der Waals surface area (Å²) >= 11 is 0. The van der Waals surface area contributed by atoms with Crippen molar-refractivity contribution in [2.75, 3.05) is 5.75 Å². The van der Waals surface area contributed by atoms with Gasteiger partial charge in [0.1, 0.15) is 17.2 Å². The van der Waals surface area contributed by atoms with Gasteiger partial charge in [-0.3, -0.25) is 4.79 Å². The zero-order valence-corrected chi connectivity index (χ0v) is 29.9. The average molecular weight is 709 g/mol. The molecule has 0 bridgehead atoms. The first-order valence-electron chi connectivity index (χ1n) is 16.9. The van der Waals surface area contributed by atoms with Crippen LogP contribution in [0.25, 0.3) is 21.5 Å². The van der Waals surface area contributed by atoms with E-state index in [0.29, 0.717) is 23.0 Å². The molecule has 1 saturated carbocycles. The zero-order valence-electron chi connectivity index (χ0n) is 29.1. The van der Waals surface area contributed by atoms with Crippen LogP contribution in [0.1, 0.15) is 62.0 Å². The third kappa shape index (κ3) is 8.67. The first-order chi connectivity index (χ1) is 24.3. The number of sulfonamides is 1. The molecule has 51 heavy (non-hydrogen) atoms. The lowest BCUT2D eigenvalue weighted by molar-refractivity contribution is 0.0952. The van der Waals surface area contributed by atoms with E-state index in [1.807, 2.05) is 54.6 Å². The van der Waals surface area contributed by atoms with Gasteiger partial charge >= 0.3 is 0 Å². The van der Waals surface area contributed by atoms with Crippen LogP contribution in [-0.4, -0.2) is 47.8 Å². The van der Waals surface area contributed by atoms with Gasteiger partial charge < -0.3 is 15.3 Å². The molecule has 6 rings (SSSR count). The summed E-state index contributed by atoms with van der Waals surface area (Å²) in [6.45, 7) is 8.82. The quantitative estimate of drug-likeness (QED) is 0.0786. The van der Waals surface area contributed by atoms with E-state index in [1.165, 1.54) is 24.6 Å². The van der Waals surface area contributed by atoms with E-state index in [-0.39, 0.29) is 39.9 Å². The maximum absolute atomic E-state index is 12.6. The maximum Gasteiger partial charge on any atom is 0.275 e. The first-order valence-corrected chi connectivity index (χ1v) is 18.5. The van der Waals surface area contributed by atoms with Gasteiger partial charge in [0.05, 0.1) is 23.7 Å². The van der Waals surface area contributed by atoms with Crippen molar-refractivity contribution in [3.63, 3.8) is 0 Å². The molecule has 0 radical (unpaired) electrons. The Morgan fingerprint density at radius 1 is 0.824 bits per heavy atom. The van der Waals surface area contributed by atoms with E-state index >= 15 is 0 Å². The second-order valence-electron chi connectivity index (χ2n) is 13.5. The minimum atomic E-state index is -3.55. The lowest BCUT2D eigenvalue weighted by Gasteiger charge is -2.31. The van der Waals surface area contributed by atoms with Gasteiger partial charge in [-0.05, 0) is 81.5 Å². The summed E-state index contributed by atoms with van der Waals surface area (Å²) in [7, 11) is -3.55. The Labute approximate surface area is 298 Å². The molecule has 5 aromatic carbocycles. The number of carbonyl (C=O) groups is 1. The minimum absolute atomic E-state index is 0.0681. The highest BCUT2D eigenvalue weighted by molar-refractivity contribution is 7.89. The van der Waals surface area contributed by atoms with Crippen molar-refractivity contribution in [1.29, 1.82) is 0 Å². The number of nitrogens with zero attached hydrogens (tertiary/aromatic N) is 2. The normalized spacial score (nSPS) is 18.5. The number of benzene rings is 5. The Bertz CT molecular complexity index is 2200. The standard InChI is InChI=1S/C22H30N2O3S.C18H14N2O3/c1-5-18-12-17(15(2)22(18,3)4)14-28(26,27)24-23-13-20-19-9-7-6-8-16(19)10-11-21(20)25;21-16-8-4-3-7-15(16)18(23)20-19-11-14-9-12-5-1-2-6-13(12)10-17(14)22/h6-11,13,15,17-18,24-25H,5,12,14H2,1-4H3;1-11,21-22H,(H,20,23)/b23-13+;19-11+. The molecule has 0 saturated heterocycles. The van der Waals surface area contributed by atoms with Gasteiger partial charge in [-0.1, -0.05) is 101 Å². The van der Waals surface area contributed by atoms with Crippen LogP contribution < -0.4 is 10.3 Å². The summed E-state index contributed by atoms with van der Waals surface area (Å²) in [4.78, 5) is 14.2. The fourth-order valence-electron chi connectivity index (χ4n) is 6.90. The second-order valence-corrected chi connectivity index (χ2v) is 15.3. The SMILES string of the molecule is CCC1CC(CS(=O)(=O)N/N=C/c2c(O)ccc3ccccc23)C(C)C1(C)C.O=C(N/N=C/c1cc2ccccc2cc1O)c1ccccc1O. The van der Waals surface area contributed by atoms with Crippen molar-refractivity contribution < 1.29 is 28.5 Å². The lowest BCUT2D eigenvalue weighted by Crippen LogP contribution is -2.30. The molecule has 5 aromatic rings. The molecule has 0 aromatic heterocycles. The highest BCUT2D eigenvalue weighted by Gasteiger charge is 2.46. The summed E-state index contributed by atoms with van der Waals surface area (Å²) < 4.78 is 25.2.